The molecule has 6 heteroatoms. The summed E-state index contributed by atoms with van der Waals surface area (Å²) in [5, 5.41) is 0.398. The Morgan fingerprint density at radius 3 is 2.29 bits per heavy atom. The minimum absolute atomic E-state index is 0. The molecule has 4 nitrogen and oxygen atoms in total. The van der Waals surface area contributed by atoms with Gasteiger partial charge in [-0.2, -0.15) is 4.98 Å². The number of halogens is 2. The van der Waals surface area contributed by atoms with Crippen LogP contribution in [0, 0.1) is 0 Å². The van der Waals surface area contributed by atoms with Crippen LogP contribution in [0.5, 0.6) is 5.88 Å². The van der Waals surface area contributed by atoms with Crippen LogP contribution >= 0.6 is 11.6 Å². The van der Waals surface area contributed by atoms with Gasteiger partial charge in [0.15, 0.2) is 0 Å². The minimum atomic E-state index is 0. The van der Waals surface area contributed by atoms with Gasteiger partial charge in [0.25, 0.3) is 0 Å². The van der Waals surface area contributed by atoms with Gasteiger partial charge in [0.05, 0.1) is 28.3 Å². The van der Waals surface area contributed by atoms with Crippen molar-refractivity contribution in [2.75, 3.05) is 28.3 Å². The quantitative estimate of drug-likeness (QED) is 0.457. The molecule has 0 aliphatic carbocycles. The second-order valence-electron chi connectivity index (χ2n) is 3.55. The first-order chi connectivity index (χ1) is 5.93. The molecule has 0 aliphatic heterocycles. The van der Waals surface area contributed by atoms with Gasteiger partial charge in [0.2, 0.25) is 5.88 Å². The van der Waals surface area contributed by atoms with Crippen LogP contribution in [0.2, 0.25) is 5.15 Å². The van der Waals surface area contributed by atoms with Crippen LogP contribution < -0.4 is 21.6 Å². The molecule has 1 rings (SSSR count). The number of ether oxygens (including phenoxy) is 1. The fourth-order valence-corrected chi connectivity index (χ4v) is 0.959. The predicted molar refractivity (Wildman–Crippen MR) is 53.2 cm³/mol. The van der Waals surface area contributed by atoms with Gasteiger partial charge < -0.3 is 17.1 Å². The number of aromatic nitrogens is 2. The van der Waals surface area contributed by atoms with Crippen LogP contribution in [0.1, 0.15) is 0 Å². The molecule has 0 saturated heterocycles. The van der Waals surface area contributed by atoms with Crippen molar-refractivity contribution in [3.05, 3.63) is 11.2 Å². The van der Waals surface area contributed by atoms with Gasteiger partial charge in [-0.1, -0.05) is 11.6 Å². The smallest absolute Gasteiger partial charge is 0.333 e. The fraction of sp³-hybridized carbons (Fsp3) is 0.500. The SMILES string of the molecule is COc1cc(Cl)nc([N+](C)(C)C)n1.[Cl-]. The maximum absolute atomic E-state index is 5.79. The number of nitrogens with zero attached hydrogens (tertiary/aromatic N) is 3. The monoisotopic (exact) mass is 237 g/mol. The molecule has 0 fully saturated rings. The van der Waals surface area contributed by atoms with Gasteiger partial charge in [-0.15, -0.1) is 4.98 Å². The number of quaternary nitrogens is 1. The first-order valence-electron chi connectivity index (χ1n) is 3.84. The molecular weight excluding hydrogens is 225 g/mol. The van der Waals surface area contributed by atoms with Crippen LogP contribution in [0.25, 0.3) is 0 Å². The Bertz CT molecular complexity index is 312. The molecule has 1 aromatic rings. The Kier molecular flexibility index (Phi) is 4.58. The van der Waals surface area contributed by atoms with E-state index in [-0.39, 0.29) is 12.4 Å². The van der Waals surface area contributed by atoms with Crippen molar-refractivity contribution in [2.24, 2.45) is 0 Å². The van der Waals surface area contributed by atoms with Crippen LogP contribution in [0.15, 0.2) is 6.07 Å². The fourth-order valence-electron chi connectivity index (χ4n) is 0.790. The third-order valence-corrected chi connectivity index (χ3v) is 1.66. The lowest BCUT2D eigenvalue weighted by molar-refractivity contribution is -0.00000345. The average molecular weight is 238 g/mol. The Morgan fingerprint density at radius 1 is 1.29 bits per heavy atom. The molecule has 0 aromatic carbocycles. The minimum Gasteiger partial charge on any atom is -1.00 e. The molecule has 1 heterocycles. The van der Waals surface area contributed by atoms with E-state index in [1.807, 2.05) is 21.1 Å². The molecule has 0 atom stereocenters. The maximum atomic E-state index is 5.79. The van der Waals surface area contributed by atoms with Crippen molar-refractivity contribution in [2.45, 2.75) is 0 Å². The number of methoxy groups -OCH3 is 1. The van der Waals surface area contributed by atoms with Gasteiger partial charge in [-0.3, -0.25) is 4.48 Å². The van der Waals surface area contributed by atoms with Crippen molar-refractivity contribution in [3.63, 3.8) is 0 Å². The van der Waals surface area contributed by atoms with E-state index in [1.165, 1.54) is 0 Å². The molecule has 0 radical (unpaired) electrons. The van der Waals surface area contributed by atoms with E-state index < -0.39 is 0 Å². The van der Waals surface area contributed by atoms with E-state index >= 15 is 0 Å². The molecule has 0 bridgehead atoms. The summed E-state index contributed by atoms with van der Waals surface area (Å²) in [6, 6.07) is 1.58. The molecule has 0 unspecified atom stereocenters. The summed E-state index contributed by atoms with van der Waals surface area (Å²) in [5.74, 6) is 1.12. The molecule has 0 amide bonds. The predicted octanol–water partition coefficient (Wildman–Crippen LogP) is -1.66. The first kappa shape index (κ1) is 13.4. The Balaban J connectivity index is 0.00000169. The largest absolute Gasteiger partial charge is 1.00 e. The van der Waals surface area contributed by atoms with Crippen molar-refractivity contribution < 1.29 is 17.1 Å². The van der Waals surface area contributed by atoms with Gasteiger partial charge in [0, 0.05) is 6.07 Å². The average Bonchev–Trinajstić information content (AvgIpc) is 2.01. The Morgan fingerprint density at radius 2 is 1.86 bits per heavy atom. The van der Waals surface area contributed by atoms with Crippen molar-refractivity contribution in [1.29, 1.82) is 0 Å². The number of hydrogen-bond donors (Lipinski definition) is 0. The molecule has 0 aliphatic rings. The standard InChI is InChI=1S/C8H13ClN3O.ClH/c1-12(2,3)8-10-6(9)5-7(11-8)13-4;/h5H,1-4H3;1H/q+1;/p-1. The normalized spacial score (nSPS) is 10.6. The zero-order chi connectivity index (χ0) is 10.1. The summed E-state index contributed by atoms with van der Waals surface area (Å²) < 4.78 is 5.50. The van der Waals surface area contributed by atoms with Gasteiger partial charge in [0.1, 0.15) is 5.15 Å². The second-order valence-corrected chi connectivity index (χ2v) is 3.93. The van der Waals surface area contributed by atoms with Crippen molar-refractivity contribution >= 4 is 17.5 Å². The third-order valence-electron chi connectivity index (χ3n) is 1.47. The van der Waals surface area contributed by atoms with Gasteiger partial charge in [-0.05, 0) is 0 Å². The lowest BCUT2D eigenvalue weighted by atomic mass is 10.6. The molecular formula is C8H13Cl2N3O. The van der Waals surface area contributed by atoms with Crippen LogP contribution in [-0.4, -0.2) is 38.2 Å². The molecule has 14 heavy (non-hydrogen) atoms. The van der Waals surface area contributed by atoms with E-state index in [0.29, 0.717) is 21.5 Å². The highest BCUT2D eigenvalue weighted by atomic mass is 35.5. The summed E-state index contributed by atoms with van der Waals surface area (Å²) in [4.78, 5) is 8.28. The van der Waals surface area contributed by atoms with Gasteiger partial charge in [-0.25, -0.2) is 0 Å². The zero-order valence-corrected chi connectivity index (χ0v) is 10.1. The summed E-state index contributed by atoms with van der Waals surface area (Å²) in [7, 11) is 7.44. The third kappa shape index (κ3) is 3.29. The van der Waals surface area contributed by atoms with Crippen molar-refractivity contribution in [3.8, 4) is 5.88 Å². The molecule has 0 saturated carbocycles. The van der Waals surface area contributed by atoms with E-state index in [0.717, 1.165) is 0 Å². The highest BCUT2D eigenvalue weighted by Crippen LogP contribution is 2.19. The van der Waals surface area contributed by atoms with Crippen molar-refractivity contribution in [1.82, 2.24) is 14.5 Å². The Hall–Kier alpha value is -0.580. The van der Waals surface area contributed by atoms with Gasteiger partial charge >= 0.3 is 5.95 Å². The van der Waals surface area contributed by atoms with E-state index in [1.54, 1.807) is 13.2 Å². The summed E-state index contributed by atoms with van der Waals surface area (Å²) in [6.07, 6.45) is 0. The number of hydrogen-bond acceptors (Lipinski definition) is 3. The lowest BCUT2D eigenvalue weighted by Crippen LogP contribution is -3.00. The molecule has 0 N–H and O–H groups in total. The Labute approximate surface area is 94.9 Å². The highest BCUT2D eigenvalue weighted by Gasteiger charge is 2.18. The second kappa shape index (κ2) is 4.77. The van der Waals surface area contributed by atoms with Crippen LogP contribution in [-0.2, 0) is 0 Å². The van der Waals surface area contributed by atoms with E-state index in [9.17, 15) is 0 Å². The molecule has 80 valence electrons. The topological polar surface area (TPSA) is 35.0 Å². The molecule has 0 spiro atoms. The van der Waals surface area contributed by atoms with E-state index in [2.05, 4.69) is 9.97 Å². The molecule has 1 aromatic heterocycles. The first-order valence-corrected chi connectivity index (χ1v) is 4.22. The summed E-state index contributed by atoms with van der Waals surface area (Å²) >= 11 is 5.79. The lowest BCUT2D eigenvalue weighted by Gasteiger charge is -2.20. The van der Waals surface area contributed by atoms with Crippen LogP contribution in [0.3, 0.4) is 0 Å². The highest BCUT2D eigenvalue weighted by molar-refractivity contribution is 6.29. The summed E-state index contributed by atoms with van der Waals surface area (Å²) in [6.45, 7) is 0. The summed E-state index contributed by atoms with van der Waals surface area (Å²) in [5.41, 5.74) is 0. The van der Waals surface area contributed by atoms with E-state index in [4.69, 9.17) is 16.3 Å². The maximum Gasteiger partial charge on any atom is 0.333 e. The zero-order valence-electron chi connectivity index (χ0n) is 8.58. The van der Waals surface area contributed by atoms with Crippen LogP contribution in [0.4, 0.5) is 5.95 Å². The number of rotatable bonds is 2.